The molecule has 0 aliphatic carbocycles. The van der Waals surface area contributed by atoms with E-state index in [9.17, 15) is 0 Å². The lowest BCUT2D eigenvalue weighted by Crippen LogP contribution is -1.92. The second-order valence-corrected chi connectivity index (χ2v) is 6.08. The maximum Gasteiger partial charge on any atom is 0.0876 e. The summed E-state index contributed by atoms with van der Waals surface area (Å²) in [4.78, 5) is 0. The molecular formula is C19H34O. The molecule has 1 nitrogen and oxygen atoms in total. The molecule has 116 valence electrons. The van der Waals surface area contributed by atoms with Gasteiger partial charge in [0.15, 0.2) is 0 Å². The van der Waals surface area contributed by atoms with E-state index in [4.69, 9.17) is 4.74 Å². The highest BCUT2D eigenvalue weighted by molar-refractivity contribution is 5.01. The molecule has 1 heteroatoms. The number of ether oxygens (including phenoxy) is 1. The van der Waals surface area contributed by atoms with E-state index in [0.717, 1.165) is 6.42 Å². The van der Waals surface area contributed by atoms with Crippen LogP contribution in [-0.4, -0.2) is 12.2 Å². The molecule has 0 aromatic heterocycles. The Morgan fingerprint density at radius 1 is 0.850 bits per heavy atom. The first-order chi connectivity index (χ1) is 9.88. The molecule has 0 spiro atoms. The normalized spacial score (nSPS) is 21.4. The first-order valence-corrected chi connectivity index (χ1v) is 8.81. The lowest BCUT2D eigenvalue weighted by Gasteiger charge is -2.01. The highest BCUT2D eigenvalue weighted by Crippen LogP contribution is 2.30. The van der Waals surface area contributed by atoms with E-state index in [1.54, 1.807) is 0 Å². The van der Waals surface area contributed by atoms with E-state index in [0.29, 0.717) is 12.2 Å². The number of hydrogen-bond donors (Lipinski definition) is 0. The minimum Gasteiger partial charge on any atom is -0.369 e. The lowest BCUT2D eigenvalue weighted by molar-refractivity contribution is 0.358. The summed E-state index contributed by atoms with van der Waals surface area (Å²) in [5, 5.41) is 0. The van der Waals surface area contributed by atoms with Crippen molar-refractivity contribution in [2.45, 2.75) is 96.2 Å². The summed E-state index contributed by atoms with van der Waals surface area (Å²) in [6.45, 7) is 5.96. The van der Waals surface area contributed by atoms with E-state index in [2.05, 4.69) is 19.6 Å². The van der Waals surface area contributed by atoms with Crippen LogP contribution in [0, 0.1) is 0 Å². The number of rotatable bonds is 14. The van der Waals surface area contributed by atoms with Crippen LogP contribution < -0.4 is 0 Å². The average molecular weight is 278 g/mol. The average Bonchev–Trinajstić information content (AvgIpc) is 3.20. The number of epoxide rings is 1. The number of allylic oxidation sites excluding steroid dienone is 2. The largest absolute Gasteiger partial charge is 0.369 e. The van der Waals surface area contributed by atoms with Crippen molar-refractivity contribution in [2.24, 2.45) is 0 Å². The zero-order chi connectivity index (χ0) is 14.5. The second kappa shape index (κ2) is 12.2. The van der Waals surface area contributed by atoms with Crippen molar-refractivity contribution in [1.29, 1.82) is 0 Å². The zero-order valence-corrected chi connectivity index (χ0v) is 13.5. The van der Waals surface area contributed by atoms with Gasteiger partial charge in [-0.15, -0.1) is 0 Å². The first kappa shape index (κ1) is 17.5. The maximum absolute atomic E-state index is 5.66. The Bertz CT molecular complexity index is 256. The van der Waals surface area contributed by atoms with Gasteiger partial charge in [0.05, 0.1) is 12.2 Å². The van der Waals surface area contributed by atoms with Gasteiger partial charge in [-0.2, -0.15) is 0 Å². The molecule has 0 N–H and O–H groups in total. The van der Waals surface area contributed by atoms with Crippen LogP contribution in [0.1, 0.15) is 84.0 Å². The topological polar surface area (TPSA) is 12.5 Å². The van der Waals surface area contributed by atoms with Crippen LogP contribution >= 0.6 is 0 Å². The third-order valence-corrected chi connectivity index (χ3v) is 4.17. The quantitative estimate of drug-likeness (QED) is 0.209. The highest BCUT2D eigenvalue weighted by Gasteiger charge is 2.36. The molecule has 0 amide bonds. The van der Waals surface area contributed by atoms with Crippen LogP contribution in [0.3, 0.4) is 0 Å². The minimum absolute atomic E-state index is 0.504. The van der Waals surface area contributed by atoms with Gasteiger partial charge in [-0.25, -0.2) is 0 Å². The van der Waals surface area contributed by atoms with Gasteiger partial charge in [0, 0.05) is 0 Å². The van der Waals surface area contributed by atoms with Crippen LogP contribution in [0.4, 0.5) is 0 Å². The van der Waals surface area contributed by atoms with Gasteiger partial charge in [0.1, 0.15) is 0 Å². The van der Waals surface area contributed by atoms with E-state index < -0.39 is 0 Å². The van der Waals surface area contributed by atoms with Crippen LogP contribution in [-0.2, 0) is 4.74 Å². The van der Waals surface area contributed by atoms with Gasteiger partial charge < -0.3 is 4.74 Å². The molecule has 0 saturated carbocycles. The zero-order valence-electron chi connectivity index (χ0n) is 13.5. The Kier molecular flexibility index (Phi) is 10.7. The predicted molar refractivity (Wildman–Crippen MR) is 89.1 cm³/mol. The molecular weight excluding hydrogens is 244 g/mol. The highest BCUT2D eigenvalue weighted by atomic mass is 16.6. The summed E-state index contributed by atoms with van der Waals surface area (Å²) in [6.07, 6.45) is 23.5. The molecule has 1 aliphatic heterocycles. The van der Waals surface area contributed by atoms with Crippen LogP contribution in [0.2, 0.25) is 0 Å². The third-order valence-electron chi connectivity index (χ3n) is 4.17. The first-order valence-electron chi connectivity index (χ1n) is 8.81. The smallest absolute Gasteiger partial charge is 0.0876 e. The van der Waals surface area contributed by atoms with Crippen molar-refractivity contribution in [3.8, 4) is 0 Å². The third kappa shape index (κ3) is 9.36. The lowest BCUT2D eigenvalue weighted by atomic mass is 10.0. The molecule has 1 saturated heterocycles. The predicted octanol–water partition coefficient (Wildman–Crippen LogP) is 6.20. The fourth-order valence-electron chi connectivity index (χ4n) is 2.78. The van der Waals surface area contributed by atoms with Gasteiger partial charge >= 0.3 is 0 Å². The Hall–Kier alpha value is -0.560. The Morgan fingerprint density at radius 3 is 2.05 bits per heavy atom. The van der Waals surface area contributed by atoms with Crippen molar-refractivity contribution >= 4 is 0 Å². The molecule has 20 heavy (non-hydrogen) atoms. The van der Waals surface area contributed by atoms with Gasteiger partial charge in [-0.1, -0.05) is 95.9 Å². The molecule has 1 fully saturated rings. The van der Waals surface area contributed by atoms with Crippen molar-refractivity contribution < 1.29 is 4.74 Å². The SMILES string of the molecule is C=CC=CCC1OC1CCCCCCCCCCCC. The fraction of sp³-hybridized carbons (Fsp3) is 0.789. The van der Waals surface area contributed by atoms with Crippen LogP contribution in [0.25, 0.3) is 0 Å². The van der Waals surface area contributed by atoms with E-state index in [1.807, 2.05) is 12.2 Å². The Balaban J connectivity index is 1.75. The summed E-state index contributed by atoms with van der Waals surface area (Å²) < 4.78 is 5.66. The number of hydrogen-bond acceptors (Lipinski definition) is 1. The summed E-state index contributed by atoms with van der Waals surface area (Å²) in [5.74, 6) is 0. The van der Waals surface area contributed by atoms with Crippen LogP contribution in [0.5, 0.6) is 0 Å². The van der Waals surface area contributed by atoms with Crippen molar-refractivity contribution in [1.82, 2.24) is 0 Å². The summed E-state index contributed by atoms with van der Waals surface area (Å²) >= 11 is 0. The summed E-state index contributed by atoms with van der Waals surface area (Å²) in [5.41, 5.74) is 0. The minimum atomic E-state index is 0.504. The molecule has 0 bridgehead atoms. The Morgan fingerprint density at radius 2 is 1.45 bits per heavy atom. The van der Waals surface area contributed by atoms with Crippen molar-refractivity contribution in [2.75, 3.05) is 0 Å². The number of unbranched alkanes of at least 4 members (excludes halogenated alkanes) is 9. The molecule has 0 aromatic carbocycles. The second-order valence-electron chi connectivity index (χ2n) is 6.08. The van der Waals surface area contributed by atoms with Crippen molar-refractivity contribution in [3.05, 3.63) is 24.8 Å². The van der Waals surface area contributed by atoms with Crippen molar-refractivity contribution in [3.63, 3.8) is 0 Å². The molecule has 2 unspecified atom stereocenters. The molecule has 1 rings (SSSR count). The van der Waals surface area contributed by atoms with Gasteiger partial charge in [0.2, 0.25) is 0 Å². The molecule has 0 radical (unpaired) electrons. The summed E-state index contributed by atoms with van der Waals surface area (Å²) in [7, 11) is 0. The summed E-state index contributed by atoms with van der Waals surface area (Å²) in [6, 6.07) is 0. The van der Waals surface area contributed by atoms with E-state index in [-0.39, 0.29) is 0 Å². The molecule has 0 aromatic rings. The Labute approximate surface area is 126 Å². The maximum atomic E-state index is 5.66. The van der Waals surface area contributed by atoms with Gasteiger partial charge in [-0.3, -0.25) is 0 Å². The monoisotopic (exact) mass is 278 g/mol. The van der Waals surface area contributed by atoms with Gasteiger partial charge in [0.25, 0.3) is 0 Å². The standard InChI is InChI=1S/C19H34O/c1-3-5-7-8-9-10-11-12-13-15-17-19-18(20-19)16-14-6-4-2/h4,6,14,18-19H,2-3,5,7-13,15-17H2,1H3. The molecule has 1 aliphatic rings. The van der Waals surface area contributed by atoms with Gasteiger partial charge in [-0.05, 0) is 12.8 Å². The van der Waals surface area contributed by atoms with E-state index >= 15 is 0 Å². The molecule has 1 heterocycles. The van der Waals surface area contributed by atoms with E-state index in [1.165, 1.54) is 70.6 Å². The fourth-order valence-corrected chi connectivity index (χ4v) is 2.78. The van der Waals surface area contributed by atoms with Crippen LogP contribution in [0.15, 0.2) is 24.8 Å². The molecule has 2 atom stereocenters.